The van der Waals surface area contributed by atoms with E-state index in [0.717, 1.165) is 4.90 Å². The van der Waals surface area contributed by atoms with Crippen molar-refractivity contribution in [2.24, 2.45) is 0 Å². The Labute approximate surface area is 174 Å². The van der Waals surface area contributed by atoms with Gasteiger partial charge in [0, 0.05) is 13.6 Å². The average Bonchev–Trinajstić information content (AvgIpc) is 3.03. The SMILES string of the molecule is COc1ccc(N2C(=O)C(c3ccc(OC)c(OC)c3)=C(N(C)CCO)C2=O)cc1. The van der Waals surface area contributed by atoms with E-state index < -0.39 is 11.8 Å². The zero-order chi connectivity index (χ0) is 21.8. The van der Waals surface area contributed by atoms with Crippen molar-refractivity contribution in [1.29, 1.82) is 0 Å². The summed E-state index contributed by atoms with van der Waals surface area (Å²) < 4.78 is 15.8. The molecule has 0 atom stereocenters. The lowest BCUT2D eigenvalue weighted by Crippen LogP contribution is -2.34. The molecule has 0 aliphatic carbocycles. The van der Waals surface area contributed by atoms with Gasteiger partial charge >= 0.3 is 0 Å². The number of benzene rings is 2. The fourth-order valence-electron chi connectivity index (χ4n) is 3.35. The number of carbonyl (C=O) groups excluding carboxylic acids is 2. The number of likely N-dealkylation sites (N-methyl/N-ethyl adjacent to an activating group) is 1. The van der Waals surface area contributed by atoms with E-state index in [1.54, 1.807) is 61.5 Å². The molecule has 2 aromatic carbocycles. The molecule has 0 fully saturated rings. The Bertz CT molecular complexity index is 984. The standard InChI is InChI=1S/C22H24N2O6/c1-23(11-12-25)20-19(14-5-10-17(29-3)18(13-14)30-4)21(26)24(22(20)27)15-6-8-16(28-2)9-7-15/h5-10,13,25H,11-12H2,1-4H3. The van der Waals surface area contributed by atoms with Gasteiger partial charge in [0.1, 0.15) is 11.4 Å². The topological polar surface area (TPSA) is 88.5 Å². The molecule has 1 N–H and O–H groups in total. The molecule has 0 spiro atoms. The van der Waals surface area contributed by atoms with Crippen LogP contribution in [0.25, 0.3) is 5.57 Å². The van der Waals surface area contributed by atoms with Gasteiger partial charge in [0.2, 0.25) is 0 Å². The van der Waals surface area contributed by atoms with Crippen LogP contribution in [-0.2, 0) is 9.59 Å². The number of anilines is 1. The fraction of sp³-hybridized carbons (Fsp3) is 0.273. The Hall–Kier alpha value is -3.52. The molecule has 8 heteroatoms. The van der Waals surface area contributed by atoms with E-state index in [9.17, 15) is 14.7 Å². The number of imide groups is 1. The molecule has 0 radical (unpaired) electrons. The average molecular weight is 412 g/mol. The second kappa shape index (κ2) is 8.87. The predicted octanol–water partition coefficient (Wildman–Crippen LogP) is 1.92. The molecule has 8 nitrogen and oxygen atoms in total. The number of ether oxygens (including phenoxy) is 3. The molecular weight excluding hydrogens is 388 g/mol. The van der Waals surface area contributed by atoms with Gasteiger partial charge in [-0.25, -0.2) is 4.90 Å². The summed E-state index contributed by atoms with van der Waals surface area (Å²) in [5.41, 5.74) is 1.38. The summed E-state index contributed by atoms with van der Waals surface area (Å²) in [5.74, 6) is 0.636. The molecule has 2 aromatic rings. The lowest BCUT2D eigenvalue weighted by molar-refractivity contribution is -0.120. The highest BCUT2D eigenvalue weighted by atomic mass is 16.5. The summed E-state index contributed by atoms with van der Waals surface area (Å²) >= 11 is 0. The van der Waals surface area contributed by atoms with E-state index in [4.69, 9.17) is 14.2 Å². The number of hydrogen-bond donors (Lipinski definition) is 1. The normalized spacial score (nSPS) is 13.7. The number of nitrogens with zero attached hydrogens (tertiary/aromatic N) is 2. The van der Waals surface area contributed by atoms with Gasteiger partial charge < -0.3 is 24.2 Å². The number of methoxy groups -OCH3 is 3. The summed E-state index contributed by atoms with van der Waals surface area (Å²) in [7, 11) is 6.22. The van der Waals surface area contributed by atoms with E-state index in [1.165, 1.54) is 14.2 Å². The van der Waals surface area contributed by atoms with E-state index >= 15 is 0 Å². The first kappa shape index (κ1) is 21.2. The van der Waals surface area contributed by atoms with Crippen molar-refractivity contribution in [1.82, 2.24) is 4.90 Å². The number of aliphatic hydroxyl groups excluding tert-OH is 1. The molecular formula is C22H24N2O6. The third-order valence-electron chi connectivity index (χ3n) is 4.88. The quantitative estimate of drug-likeness (QED) is 0.663. The highest BCUT2D eigenvalue weighted by Gasteiger charge is 2.41. The summed E-state index contributed by atoms with van der Waals surface area (Å²) in [6, 6.07) is 11.7. The number of amides is 2. The summed E-state index contributed by atoms with van der Waals surface area (Å²) in [6.07, 6.45) is 0. The highest BCUT2D eigenvalue weighted by Crippen LogP contribution is 2.38. The van der Waals surface area contributed by atoms with Crippen molar-refractivity contribution in [2.45, 2.75) is 0 Å². The van der Waals surface area contributed by atoms with Crippen molar-refractivity contribution in [3.8, 4) is 17.2 Å². The molecule has 0 saturated heterocycles. The minimum absolute atomic E-state index is 0.163. The van der Waals surface area contributed by atoms with Gasteiger partial charge in [-0.3, -0.25) is 9.59 Å². The van der Waals surface area contributed by atoms with E-state index in [1.807, 2.05) is 0 Å². The van der Waals surface area contributed by atoms with Gasteiger partial charge in [-0.1, -0.05) is 6.07 Å². The van der Waals surface area contributed by atoms with Crippen LogP contribution in [0.3, 0.4) is 0 Å². The van der Waals surface area contributed by atoms with Crippen molar-refractivity contribution in [3.63, 3.8) is 0 Å². The first-order valence-electron chi connectivity index (χ1n) is 9.28. The molecule has 1 heterocycles. The summed E-state index contributed by atoms with van der Waals surface area (Å²) in [5, 5.41) is 9.37. The fourth-order valence-corrected chi connectivity index (χ4v) is 3.35. The minimum Gasteiger partial charge on any atom is -0.497 e. The summed E-state index contributed by atoms with van der Waals surface area (Å²) in [4.78, 5) is 29.4. The van der Waals surface area contributed by atoms with Gasteiger partial charge in [-0.2, -0.15) is 0 Å². The predicted molar refractivity (Wildman–Crippen MR) is 112 cm³/mol. The maximum Gasteiger partial charge on any atom is 0.282 e. The van der Waals surface area contributed by atoms with Crippen molar-refractivity contribution >= 4 is 23.1 Å². The smallest absolute Gasteiger partial charge is 0.282 e. The molecule has 3 rings (SSSR count). The van der Waals surface area contributed by atoms with E-state index in [-0.39, 0.29) is 24.4 Å². The van der Waals surface area contributed by atoms with Gasteiger partial charge in [0.15, 0.2) is 11.5 Å². The third-order valence-corrected chi connectivity index (χ3v) is 4.88. The lowest BCUT2D eigenvalue weighted by atomic mass is 10.0. The Kier molecular flexibility index (Phi) is 6.27. The van der Waals surface area contributed by atoms with Gasteiger partial charge in [-0.05, 0) is 42.0 Å². The van der Waals surface area contributed by atoms with Crippen LogP contribution in [0.1, 0.15) is 5.56 Å². The van der Waals surface area contributed by atoms with E-state index in [0.29, 0.717) is 28.5 Å². The second-order valence-corrected chi connectivity index (χ2v) is 6.58. The van der Waals surface area contributed by atoms with Gasteiger partial charge in [0.25, 0.3) is 11.8 Å². The van der Waals surface area contributed by atoms with Crippen molar-refractivity contribution in [2.75, 3.05) is 46.4 Å². The van der Waals surface area contributed by atoms with Crippen LogP contribution in [0.4, 0.5) is 5.69 Å². The molecule has 0 aromatic heterocycles. The lowest BCUT2D eigenvalue weighted by Gasteiger charge is -2.20. The molecule has 1 aliphatic rings. The number of rotatable bonds is 8. The third kappa shape index (κ3) is 3.69. The monoisotopic (exact) mass is 412 g/mol. The Morgan fingerprint density at radius 2 is 1.57 bits per heavy atom. The van der Waals surface area contributed by atoms with Crippen LogP contribution in [0.15, 0.2) is 48.2 Å². The molecule has 30 heavy (non-hydrogen) atoms. The number of carbonyl (C=O) groups is 2. The van der Waals surface area contributed by atoms with Crippen LogP contribution < -0.4 is 19.1 Å². The summed E-state index contributed by atoms with van der Waals surface area (Å²) in [6.45, 7) is 0.0326. The number of hydrogen-bond acceptors (Lipinski definition) is 7. The van der Waals surface area contributed by atoms with Crippen molar-refractivity contribution < 1.29 is 28.9 Å². The van der Waals surface area contributed by atoms with Crippen LogP contribution in [0.5, 0.6) is 17.2 Å². The Morgan fingerprint density at radius 1 is 0.900 bits per heavy atom. The van der Waals surface area contributed by atoms with E-state index in [2.05, 4.69) is 0 Å². The molecule has 158 valence electrons. The van der Waals surface area contributed by atoms with Crippen LogP contribution >= 0.6 is 0 Å². The molecule has 2 amide bonds. The maximum atomic E-state index is 13.4. The zero-order valence-corrected chi connectivity index (χ0v) is 17.3. The first-order chi connectivity index (χ1) is 14.5. The molecule has 1 aliphatic heterocycles. The van der Waals surface area contributed by atoms with Crippen LogP contribution in [0.2, 0.25) is 0 Å². The Balaban J connectivity index is 2.12. The van der Waals surface area contributed by atoms with Gasteiger partial charge in [0.05, 0.1) is 39.2 Å². The zero-order valence-electron chi connectivity index (χ0n) is 17.3. The van der Waals surface area contributed by atoms with Crippen molar-refractivity contribution in [3.05, 3.63) is 53.7 Å². The molecule has 0 saturated carbocycles. The minimum atomic E-state index is -0.467. The first-order valence-corrected chi connectivity index (χ1v) is 9.28. The number of aliphatic hydroxyl groups is 1. The highest BCUT2D eigenvalue weighted by molar-refractivity contribution is 6.45. The molecule has 0 bridgehead atoms. The largest absolute Gasteiger partial charge is 0.497 e. The molecule has 0 unspecified atom stereocenters. The second-order valence-electron chi connectivity index (χ2n) is 6.58. The maximum absolute atomic E-state index is 13.4. The Morgan fingerprint density at radius 3 is 2.13 bits per heavy atom. The van der Waals surface area contributed by atoms with Crippen LogP contribution in [-0.4, -0.2) is 63.3 Å². The van der Waals surface area contributed by atoms with Gasteiger partial charge in [-0.15, -0.1) is 0 Å². The van der Waals surface area contributed by atoms with Crippen LogP contribution in [0, 0.1) is 0 Å².